The Hall–Kier alpha value is -1.59. The van der Waals surface area contributed by atoms with Crippen LogP contribution in [0.25, 0.3) is 0 Å². The molecule has 70 valence electrons. The first-order chi connectivity index (χ1) is 6.09. The number of nitrogens with two attached hydrogens (primary N) is 1. The summed E-state index contributed by atoms with van der Waals surface area (Å²) in [7, 11) is 0. The number of amides is 2. The van der Waals surface area contributed by atoms with Crippen LogP contribution in [0, 0.1) is 17.2 Å². The Bertz CT molecular complexity index is 279. The van der Waals surface area contributed by atoms with E-state index in [4.69, 9.17) is 11.1 Å². The molecule has 0 saturated carbocycles. The molecule has 0 aromatic heterocycles. The standard InChI is InChI=1S/C7H10N4O2/c8-7(9)11-1-3-4(2-11)6(13)10-5(3)12/h3-4H,1-2H2,(H3,8,9)(H,10,12,13)/t3-,4+. The number of likely N-dealkylation sites (tertiary alicyclic amines) is 1. The number of rotatable bonds is 0. The molecule has 4 N–H and O–H groups in total. The number of hydrogen-bond donors (Lipinski definition) is 3. The summed E-state index contributed by atoms with van der Waals surface area (Å²) in [4.78, 5) is 23.9. The molecular formula is C7H10N4O2. The van der Waals surface area contributed by atoms with Crippen molar-refractivity contribution in [3.8, 4) is 0 Å². The maximum Gasteiger partial charge on any atom is 0.232 e. The number of carbonyl (C=O) groups is 2. The van der Waals surface area contributed by atoms with Crippen LogP contribution >= 0.6 is 0 Å². The van der Waals surface area contributed by atoms with E-state index < -0.39 is 0 Å². The Morgan fingerprint density at radius 2 is 1.85 bits per heavy atom. The predicted octanol–water partition coefficient (Wildman–Crippen LogP) is -1.92. The van der Waals surface area contributed by atoms with E-state index in [1.54, 1.807) is 4.90 Å². The monoisotopic (exact) mass is 182 g/mol. The van der Waals surface area contributed by atoms with E-state index in [0.717, 1.165) is 0 Å². The third-order valence-corrected chi connectivity index (χ3v) is 2.58. The molecule has 0 aromatic carbocycles. The van der Waals surface area contributed by atoms with Crippen molar-refractivity contribution in [2.45, 2.75) is 0 Å². The van der Waals surface area contributed by atoms with Gasteiger partial charge in [0.05, 0.1) is 11.8 Å². The number of fused-ring (bicyclic) bond motifs is 1. The van der Waals surface area contributed by atoms with Crippen molar-refractivity contribution in [3.05, 3.63) is 0 Å². The largest absolute Gasteiger partial charge is 0.370 e. The average molecular weight is 182 g/mol. The molecule has 2 heterocycles. The highest BCUT2D eigenvalue weighted by Crippen LogP contribution is 2.27. The molecular weight excluding hydrogens is 172 g/mol. The molecule has 2 aliphatic rings. The van der Waals surface area contributed by atoms with Crippen molar-refractivity contribution in [1.29, 1.82) is 5.41 Å². The van der Waals surface area contributed by atoms with Gasteiger partial charge in [-0.1, -0.05) is 0 Å². The SMILES string of the molecule is N=C(N)N1C[C@@H]2C(=O)NC(=O)[C@@H]2C1. The molecule has 0 radical (unpaired) electrons. The summed E-state index contributed by atoms with van der Waals surface area (Å²) in [5.74, 6) is -1.17. The van der Waals surface area contributed by atoms with Crippen LogP contribution in [0.15, 0.2) is 0 Å². The first kappa shape index (κ1) is 8.03. The van der Waals surface area contributed by atoms with Gasteiger partial charge in [0.15, 0.2) is 5.96 Å². The zero-order valence-electron chi connectivity index (χ0n) is 6.91. The van der Waals surface area contributed by atoms with Crippen LogP contribution in [0.4, 0.5) is 0 Å². The number of nitrogens with zero attached hydrogens (tertiary/aromatic N) is 1. The topological polar surface area (TPSA) is 99.3 Å². The van der Waals surface area contributed by atoms with Crippen LogP contribution in [0.2, 0.25) is 0 Å². The molecule has 2 rings (SSSR count). The molecule has 2 aliphatic heterocycles. The first-order valence-electron chi connectivity index (χ1n) is 4.03. The molecule has 0 aliphatic carbocycles. The van der Waals surface area contributed by atoms with Gasteiger partial charge < -0.3 is 10.6 Å². The Morgan fingerprint density at radius 3 is 2.23 bits per heavy atom. The van der Waals surface area contributed by atoms with Gasteiger partial charge >= 0.3 is 0 Å². The van der Waals surface area contributed by atoms with Gasteiger partial charge in [-0.15, -0.1) is 0 Å². The molecule has 13 heavy (non-hydrogen) atoms. The fraction of sp³-hybridized carbons (Fsp3) is 0.571. The first-order valence-corrected chi connectivity index (χ1v) is 4.03. The lowest BCUT2D eigenvalue weighted by atomic mass is 10.00. The molecule has 0 unspecified atom stereocenters. The predicted molar refractivity (Wildman–Crippen MR) is 43.6 cm³/mol. The quantitative estimate of drug-likeness (QED) is 0.231. The van der Waals surface area contributed by atoms with Gasteiger partial charge in [-0.2, -0.15) is 0 Å². The van der Waals surface area contributed by atoms with E-state index in [-0.39, 0.29) is 29.6 Å². The molecule has 0 bridgehead atoms. The van der Waals surface area contributed by atoms with Crippen molar-refractivity contribution in [2.75, 3.05) is 13.1 Å². The van der Waals surface area contributed by atoms with E-state index in [1.165, 1.54) is 0 Å². The Morgan fingerprint density at radius 1 is 1.38 bits per heavy atom. The summed E-state index contributed by atoms with van der Waals surface area (Å²) in [6.45, 7) is 0.773. The van der Waals surface area contributed by atoms with E-state index in [1.807, 2.05) is 0 Å². The van der Waals surface area contributed by atoms with Gasteiger partial charge in [-0.25, -0.2) is 0 Å². The zero-order valence-corrected chi connectivity index (χ0v) is 6.91. The molecule has 2 amide bonds. The Balaban J connectivity index is 2.17. The maximum atomic E-state index is 11.2. The summed E-state index contributed by atoms with van der Waals surface area (Å²) >= 11 is 0. The van der Waals surface area contributed by atoms with E-state index in [2.05, 4.69) is 5.32 Å². The molecule has 6 heteroatoms. The minimum Gasteiger partial charge on any atom is -0.370 e. The normalized spacial score (nSPS) is 31.8. The fourth-order valence-corrected chi connectivity index (χ4v) is 1.84. The third kappa shape index (κ3) is 1.06. The molecule has 2 fully saturated rings. The lowest BCUT2D eigenvalue weighted by Gasteiger charge is -2.15. The summed E-state index contributed by atoms with van der Waals surface area (Å²) in [5.41, 5.74) is 5.26. The Labute approximate surface area is 74.6 Å². The second-order valence-electron chi connectivity index (χ2n) is 3.36. The van der Waals surface area contributed by atoms with Crippen molar-refractivity contribution in [3.63, 3.8) is 0 Å². The zero-order chi connectivity index (χ0) is 9.59. The number of nitrogens with one attached hydrogen (secondary N) is 2. The smallest absolute Gasteiger partial charge is 0.232 e. The van der Waals surface area contributed by atoms with Crippen LogP contribution < -0.4 is 11.1 Å². The third-order valence-electron chi connectivity index (χ3n) is 2.58. The van der Waals surface area contributed by atoms with Crippen LogP contribution in [-0.2, 0) is 9.59 Å². The summed E-state index contributed by atoms with van der Waals surface area (Å²) in [6.07, 6.45) is 0. The van der Waals surface area contributed by atoms with Crippen LogP contribution in [0.1, 0.15) is 0 Å². The Kier molecular flexibility index (Phi) is 1.51. The minimum absolute atomic E-state index is 0.0741. The highest BCUT2D eigenvalue weighted by Gasteiger charge is 2.48. The van der Waals surface area contributed by atoms with Gasteiger partial charge in [0.2, 0.25) is 11.8 Å². The van der Waals surface area contributed by atoms with Crippen molar-refractivity contribution < 1.29 is 9.59 Å². The van der Waals surface area contributed by atoms with Crippen LogP contribution in [-0.4, -0.2) is 35.8 Å². The second kappa shape index (κ2) is 2.45. The molecule has 6 nitrogen and oxygen atoms in total. The van der Waals surface area contributed by atoms with Crippen molar-refractivity contribution in [2.24, 2.45) is 17.6 Å². The van der Waals surface area contributed by atoms with Crippen molar-refractivity contribution >= 4 is 17.8 Å². The number of hydrogen-bond acceptors (Lipinski definition) is 3. The highest BCUT2D eigenvalue weighted by atomic mass is 16.2. The van der Waals surface area contributed by atoms with Gasteiger partial charge in [-0.3, -0.25) is 20.3 Å². The summed E-state index contributed by atoms with van der Waals surface area (Å²) < 4.78 is 0. The average Bonchev–Trinajstić information content (AvgIpc) is 2.55. The number of carbonyl (C=O) groups excluding carboxylic acids is 2. The maximum absolute atomic E-state index is 11.2. The molecule has 2 atom stereocenters. The lowest BCUT2D eigenvalue weighted by Crippen LogP contribution is -2.38. The van der Waals surface area contributed by atoms with Crippen LogP contribution in [0.3, 0.4) is 0 Å². The second-order valence-corrected chi connectivity index (χ2v) is 3.36. The molecule has 2 saturated heterocycles. The number of guanidine groups is 1. The van der Waals surface area contributed by atoms with Gasteiger partial charge in [0.25, 0.3) is 0 Å². The fourth-order valence-electron chi connectivity index (χ4n) is 1.84. The molecule has 0 spiro atoms. The molecule has 0 aromatic rings. The van der Waals surface area contributed by atoms with E-state index in [0.29, 0.717) is 13.1 Å². The summed E-state index contributed by atoms with van der Waals surface area (Å²) in [6, 6.07) is 0. The van der Waals surface area contributed by atoms with Crippen molar-refractivity contribution in [1.82, 2.24) is 10.2 Å². The highest BCUT2D eigenvalue weighted by molar-refractivity contribution is 6.06. The van der Waals surface area contributed by atoms with Gasteiger partial charge in [0, 0.05) is 13.1 Å². The van der Waals surface area contributed by atoms with E-state index >= 15 is 0 Å². The summed E-state index contributed by atoms with van der Waals surface area (Å²) in [5, 5.41) is 9.43. The van der Waals surface area contributed by atoms with Crippen LogP contribution in [0.5, 0.6) is 0 Å². The van der Waals surface area contributed by atoms with E-state index in [9.17, 15) is 9.59 Å². The lowest BCUT2D eigenvalue weighted by molar-refractivity contribution is -0.126. The number of imide groups is 1. The van der Waals surface area contributed by atoms with Gasteiger partial charge in [-0.05, 0) is 0 Å². The minimum atomic E-state index is -0.309. The van der Waals surface area contributed by atoms with Gasteiger partial charge in [0.1, 0.15) is 0 Å².